The molecular formula is C13H20N2O. The van der Waals surface area contributed by atoms with Gasteiger partial charge in [-0.15, -0.1) is 0 Å². The number of rotatable bonds is 5. The van der Waals surface area contributed by atoms with E-state index in [0.717, 1.165) is 25.1 Å². The molecule has 0 unspecified atom stereocenters. The number of aromatic nitrogens is 1. The monoisotopic (exact) mass is 220 g/mol. The van der Waals surface area contributed by atoms with Crippen LogP contribution in [-0.2, 0) is 6.42 Å². The molecule has 0 fully saturated rings. The highest BCUT2D eigenvalue weighted by Gasteiger charge is 2.17. The van der Waals surface area contributed by atoms with E-state index >= 15 is 0 Å². The molecule has 1 aromatic rings. The van der Waals surface area contributed by atoms with Crippen LogP contribution in [-0.4, -0.2) is 22.7 Å². The lowest BCUT2D eigenvalue weighted by Crippen LogP contribution is -2.26. The van der Waals surface area contributed by atoms with E-state index in [1.54, 1.807) is 0 Å². The molecule has 1 aliphatic heterocycles. The van der Waals surface area contributed by atoms with Gasteiger partial charge in [0.2, 0.25) is 0 Å². The average Bonchev–Trinajstić information content (AvgIpc) is 2.34. The van der Waals surface area contributed by atoms with Crippen molar-refractivity contribution in [2.45, 2.75) is 44.6 Å². The third-order valence-electron chi connectivity index (χ3n) is 3.20. The third kappa shape index (κ3) is 2.95. The summed E-state index contributed by atoms with van der Waals surface area (Å²) in [5, 5.41) is 12.2. The number of aryl methyl sites for hydroxylation is 1. The SMILES string of the molecule is OCCCCC[C@@H]1CCc2cccnc2N1. The molecule has 0 saturated heterocycles. The second kappa shape index (κ2) is 5.85. The number of hydrogen-bond donors (Lipinski definition) is 2. The predicted molar refractivity (Wildman–Crippen MR) is 65.5 cm³/mol. The molecule has 1 aliphatic rings. The highest BCUT2D eigenvalue weighted by atomic mass is 16.2. The molecule has 0 aliphatic carbocycles. The summed E-state index contributed by atoms with van der Waals surface area (Å²) in [6, 6.07) is 4.72. The Morgan fingerprint density at radius 1 is 1.38 bits per heavy atom. The van der Waals surface area contributed by atoms with Crippen LogP contribution in [0, 0.1) is 0 Å². The standard InChI is InChI=1S/C13H20N2O/c16-10-3-1-2-6-12-8-7-11-5-4-9-14-13(11)15-12/h4-5,9,12,16H,1-3,6-8,10H2,(H,14,15)/t12-/m1/s1. The number of nitrogens with zero attached hydrogens (tertiary/aromatic N) is 1. The normalized spacial score (nSPS) is 18.9. The predicted octanol–water partition coefficient (Wildman–Crippen LogP) is 2.36. The van der Waals surface area contributed by atoms with Crippen LogP contribution in [0.5, 0.6) is 0 Å². The fourth-order valence-corrected chi connectivity index (χ4v) is 2.26. The highest BCUT2D eigenvalue weighted by molar-refractivity contribution is 5.46. The second-order valence-electron chi connectivity index (χ2n) is 4.46. The first-order chi connectivity index (χ1) is 7.90. The minimum absolute atomic E-state index is 0.322. The summed E-state index contributed by atoms with van der Waals surface area (Å²) >= 11 is 0. The van der Waals surface area contributed by atoms with Crippen LogP contribution in [0.1, 0.15) is 37.7 Å². The van der Waals surface area contributed by atoms with Crippen LogP contribution < -0.4 is 5.32 Å². The Hall–Kier alpha value is -1.09. The molecule has 88 valence electrons. The molecule has 2 heterocycles. The van der Waals surface area contributed by atoms with Crippen LogP contribution >= 0.6 is 0 Å². The Balaban J connectivity index is 1.79. The van der Waals surface area contributed by atoms with Gasteiger partial charge in [-0.1, -0.05) is 18.9 Å². The molecule has 3 heteroatoms. The fraction of sp³-hybridized carbons (Fsp3) is 0.615. The number of nitrogens with one attached hydrogen (secondary N) is 1. The van der Waals surface area contributed by atoms with E-state index in [2.05, 4.69) is 16.4 Å². The minimum Gasteiger partial charge on any atom is -0.396 e. The van der Waals surface area contributed by atoms with Gasteiger partial charge in [-0.05, 0) is 37.3 Å². The Morgan fingerprint density at radius 2 is 2.31 bits per heavy atom. The Labute approximate surface area is 96.9 Å². The molecule has 16 heavy (non-hydrogen) atoms. The molecule has 0 spiro atoms. The van der Waals surface area contributed by atoms with Crippen molar-refractivity contribution < 1.29 is 5.11 Å². The summed E-state index contributed by atoms with van der Waals surface area (Å²) < 4.78 is 0. The average molecular weight is 220 g/mol. The highest BCUT2D eigenvalue weighted by Crippen LogP contribution is 2.24. The molecule has 1 aromatic heterocycles. The molecule has 3 nitrogen and oxygen atoms in total. The second-order valence-corrected chi connectivity index (χ2v) is 4.46. The van der Waals surface area contributed by atoms with Crippen molar-refractivity contribution in [1.29, 1.82) is 0 Å². The maximum absolute atomic E-state index is 8.71. The largest absolute Gasteiger partial charge is 0.396 e. The van der Waals surface area contributed by atoms with E-state index in [0.29, 0.717) is 12.6 Å². The third-order valence-corrected chi connectivity index (χ3v) is 3.20. The molecule has 2 N–H and O–H groups in total. The van der Waals surface area contributed by atoms with E-state index in [1.165, 1.54) is 24.8 Å². The molecule has 0 radical (unpaired) electrons. The quantitative estimate of drug-likeness (QED) is 0.749. The fourth-order valence-electron chi connectivity index (χ4n) is 2.26. The van der Waals surface area contributed by atoms with E-state index in [4.69, 9.17) is 5.11 Å². The van der Waals surface area contributed by atoms with Gasteiger partial charge in [-0.25, -0.2) is 4.98 Å². The van der Waals surface area contributed by atoms with Crippen molar-refractivity contribution in [2.75, 3.05) is 11.9 Å². The number of pyridine rings is 1. The summed E-state index contributed by atoms with van der Waals surface area (Å²) in [6.07, 6.45) is 8.64. The van der Waals surface area contributed by atoms with Gasteiger partial charge >= 0.3 is 0 Å². The van der Waals surface area contributed by atoms with Crippen LogP contribution in [0.3, 0.4) is 0 Å². The summed E-state index contributed by atoms with van der Waals surface area (Å²) in [5.74, 6) is 1.07. The first-order valence-corrected chi connectivity index (χ1v) is 6.21. The van der Waals surface area contributed by atoms with Gasteiger partial charge in [-0.2, -0.15) is 0 Å². The summed E-state index contributed by atoms with van der Waals surface area (Å²) in [5.41, 5.74) is 1.34. The Bertz CT molecular complexity index is 327. The van der Waals surface area contributed by atoms with E-state index in [-0.39, 0.29) is 0 Å². The smallest absolute Gasteiger partial charge is 0.129 e. The first kappa shape index (κ1) is 11.4. The van der Waals surface area contributed by atoms with Crippen LogP contribution in [0.4, 0.5) is 5.82 Å². The van der Waals surface area contributed by atoms with Gasteiger partial charge in [0.25, 0.3) is 0 Å². The number of aliphatic hydroxyl groups excluding tert-OH is 1. The molecule has 0 aromatic carbocycles. The van der Waals surface area contributed by atoms with Gasteiger partial charge < -0.3 is 10.4 Å². The number of fused-ring (bicyclic) bond motifs is 1. The minimum atomic E-state index is 0.322. The number of anilines is 1. The number of unbranched alkanes of at least 4 members (excludes halogenated alkanes) is 2. The zero-order valence-electron chi connectivity index (χ0n) is 9.65. The maximum Gasteiger partial charge on any atom is 0.129 e. The zero-order valence-corrected chi connectivity index (χ0v) is 9.65. The van der Waals surface area contributed by atoms with E-state index < -0.39 is 0 Å². The van der Waals surface area contributed by atoms with E-state index in [9.17, 15) is 0 Å². The molecule has 1 atom stereocenters. The summed E-state index contributed by atoms with van der Waals surface area (Å²) in [4.78, 5) is 4.36. The topological polar surface area (TPSA) is 45.2 Å². The lowest BCUT2D eigenvalue weighted by atomic mass is 9.97. The Morgan fingerprint density at radius 3 is 3.19 bits per heavy atom. The zero-order chi connectivity index (χ0) is 11.2. The number of hydrogen-bond acceptors (Lipinski definition) is 3. The molecule has 0 amide bonds. The number of aliphatic hydroxyl groups is 1. The summed E-state index contributed by atoms with van der Waals surface area (Å²) in [6.45, 7) is 0.322. The maximum atomic E-state index is 8.71. The van der Waals surface area contributed by atoms with Crippen molar-refractivity contribution in [3.8, 4) is 0 Å². The van der Waals surface area contributed by atoms with Crippen molar-refractivity contribution in [3.05, 3.63) is 23.9 Å². The van der Waals surface area contributed by atoms with Crippen LogP contribution in [0.15, 0.2) is 18.3 Å². The van der Waals surface area contributed by atoms with Gasteiger partial charge in [0.05, 0.1) is 0 Å². The molecular weight excluding hydrogens is 200 g/mol. The van der Waals surface area contributed by atoms with Gasteiger partial charge in [0, 0.05) is 18.8 Å². The van der Waals surface area contributed by atoms with Crippen LogP contribution in [0.2, 0.25) is 0 Å². The van der Waals surface area contributed by atoms with Gasteiger partial charge in [0.15, 0.2) is 0 Å². The Kier molecular flexibility index (Phi) is 4.17. The first-order valence-electron chi connectivity index (χ1n) is 6.21. The molecule has 0 saturated carbocycles. The van der Waals surface area contributed by atoms with Crippen molar-refractivity contribution in [1.82, 2.24) is 4.98 Å². The lowest BCUT2D eigenvalue weighted by molar-refractivity contribution is 0.282. The summed E-state index contributed by atoms with van der Waals surface area (Å²) in [7, 11) is 0. The van der Waals surface area contributed by atoms with Crippen LogP contribution in [0.25, 0.3) is 0 Å². The molecule has 2 rings (SSSR count). The van der Waals surface area contributed by atoms with Crippen molar-refractivity contribution in [2.24, 2.45) is 0 Å². The van der Waals surface area contributed by atoms with Crippen molar-refractivity contribution >= 4 is 5.82 Å². The van der Waals surface area contributed by atoms with Gasteiger partial charge in [-0.3, -0.25) is 0 Å². The van der Waals surface area contributed by atoms with E-state index in [1.807, 2.05) is 12.3 Å². The lowest BCUT2D eigenvalue weighted by Gasteiger charge is -2.25. The van der Waals surface area contributed by atoms with Crippen molar-refractivity contribution in [3.63, 3.8) is 0 Å². The van der Waals surface area contributed by atoms with Gasteiger partial charge in [0.1, 0.15) is 5.82 Å². The molecule has 0 bridgehead atoms.